The minimum Gasteiger partial charge on any atom is -0.480 e. The summed E-state index contributed by atoms with van der Waals surface area (Å²) in [6.07, 6.45) is 4.93. The molecule has 1 fully saturated rings. The Balaban J connectivity index is 2.29. The van der Waals surface area contributed by atoms with Gasteiger partial charge in [0.05, 0.1) is 0 Å². The van der Waals surface area contributed by atoms with Crippen LogP contribution in [-0.4, -0.2) is 47.4 Å². The van der Waals surface area contributed by atoms with Gasteiger partial charge in [-0.25, -0.2) is 0 Å². The van der Waals surface area contributed by atoms with Crippen molar-refractivity contribution in [3.63, 3.8) is 0 Å². The molecule has 114 valence electrons. The van der Waals surface area contributed by atoms with Crippen LogP contribution >= 0.6 is 0 Å². The number of hydrogen-bond acceptors (Lipinski definition) is 3. The number of hydrogen-bond donors (Lipinski definition) is 2. The van der Waals surface area contributed by atoms with Gasteiger partial charge in [0.1, 0.15) is 6.54 Å². The van der Waals surface area contributed by atoms with Crippen molar-refractivity contribution in [3.8, 4) is 0 Å². The van der Waals surface area contributed by atoms with Crippen molar-refractivity contribution >= 4 is 17.8 Å². The van der Waals surface area contributed by atoms with Gasteiger partial charge < -0.3 is 15.3 Å². The Morgan fingerprint density at radius 3 is 2.45 bits per heavy atom. The lowest BCUT2D eigenvalue weighted by Gasteiger charge is -2.20. The largest absolute Gasteiger partial charge is 0.480 e. The number of nitrogens with zero attached hydrogens (tertiary/aromatic N) is 1. The molecule has 0 aromatic rings. The summed E-state index contributed by atoms with van der Waals surface area (Å²) in [7, 11) is 0. The van der Waals surface area contributed by atoms with E-state index < -0.39 is 5.97 Å². The molecule has 6 nitrogen and oxygen atoms in total. The van der Waals surface area contributed by atoms with E-state index in [1.54, 1.807) is 0 Å². The second-order valence-corrected chi connectivity index (χ2v) is 5.23. The van der Waals surface area contributed by atoms with Crippen LogP contribution in [-0.2, 0) is 14.4 Å². The summed E-state index contributed by atoms with van der Waals surface area (Å²) in [4.78, 5) is 35.7. The monoisotopic (exact) mass is 284 g/mol. The van der Waals surface area contributed by atoms with Gasteiger partial charge >= 0.3 is 5.97 Å². The first-order valence-corrected chi connectivity index (χ1v) is 7.31. The molecule has 2 amide bonds. The Bertz CT molecular complexity index is 351. The van der Waals surface area contributed by atoms with E-state index >= 15 is 0 Å². The van der Waals surface area contributed by atoms with Crippen LogP contribution < -0.4 is 5.32 Å². The second kappa shape index (κ2) is 8.55. The predicted octanol–water partition coefficient (Wildman–Crippen LogP) is 1.01. The first kappa shape index (κ1) is 16.5. The van der Waals surface area contributed by atoms with Crippen LogP contribution in [0.4, 0.5) is 0 Å². The summed E-state index contributed by atoms with van der Waals surface area (Å²) in [5.74, 6) is -1.12. The zero-order chi connectivity index (χ0) is 15.0. The molecular weight excluding hydrogens is 260 g/mol. The Morgan fingerprint density at radius 1 is 1.25 bits per heavy atom. The molecule has 20 heavy (non-hydrogen) atoms. The van der Waals surface area contributed by atoms with Gasteiger partial charge in [0.15, 0.2) is 0 Å². The fourth-order valence-electron chi connectivity index (χ4n) is 2.51. The molecule has 1 saturated carbocycles. The number of amides is 2. The molecule has 0 spiro atoms. The zero-order valence-electron chi connectivity index (χ0n) is 12.1. The molecule has 0 unspecified atom stereocenters. The normalized spacial score (nSPS) is 15.1. The highest BCUT2D eigenvalue weighted by Crippen LogP contribution is 2.24. The van der Waals surface area contributed by atoms with Gasteiger partial charge in [-0.3, -0.25) is 14.4 Å². The molecule has 1 aliphatic carbocycles. The number of carbonyl (C=O) groups is 3. The van der Waals surface area contributed by atoms with E-state index in [0.29, 0.717) is 13.0 Å². The zero-order valence-corrected chi connectivity index (χ0v) is 12.1. The van der Waals surface area contributed by atoms with Gasteiger partial charge in [-0.05, 0) is 19.3 Å². The van der Waals surface area contributed by atoms with E-state index in [1.807, 2.05) is 6.92 Å². The van der Waals surface area contributed by atoms with E-state index in [1.165, 1.54) is 4.90 Å². The second-order valence-electron chi connectivity index (χ2n) is 5.23. The number of aliphatic carboxylic acids is 1. The standard InChI is InChI=1S/C14H24N2O4/c1-2-9-16(10-13(18)19)12(17)7-8-15-14(20)11-5-3-4-6-11/h11H,2-10H2,1H3,(H,15,20)(H,18,19). The summed E-state index contributed by atoms with van der Waals surface area (Å²) in [6.45, 7) is 2.34. The molecule has 0 radical (unpaired) electrons. The van der Waals surface area contributed by atoms with Crippen LogP contribution in [0.15, 0.2) is 0 Å². The van der Waals surface area contributed by atoms with Gasteiger partial charge in [0.25, 0.3) is 0 Å². The van der Waals surface area contributed by atoms with Crippen LogP contribution in [0.5, 0.6) is 0 Å². The first-order chi connectivity index (χ1) is 9.54. The quantitative estimate of drug-likeness (QED) is 0.696. The molecular formula is C14H24N2O4. The van der Waals surface area contributed by atoms with Crippen LogP contribution in [0.3, 0.4) is 0 Å². The number of rotatable bonds is 8. The Hall–Kier alpha value is -1.59. The first-order valence-electron chi connectivity index (χ1n) is 7.31. The minimum absolute atomic E-state index is 0.0237. The molecule has 6 heteroatoms. The predicted molar refractivity (Wildman–Crippen MR) is 74.1 cm³/mol. The Kier molecular flexibility index (Phi) is 7.04. The third-order valence-electron chi connectivity index (χ3n) is 3.54. The molecule has 1 aliphatic rings. The van der Waals surface area contributed by atoms with Gasteiger partial charge in [0, 0.05) is 25.4 Å². The molecule has 0 atom stereocenters. The number of nitrogens with one attached hydrogen (secondary N) is 1. The lowest BCUT2D eigenvalue weighted by molar-refractivity contribution is -0.144. The number of carboxylic acids is 1. The highest BCUT2D eigenvalue weighted by molar-refractivity contribution is 5.82. The van der Waals surface area contributed by atoms with Crippen LogP contribution in [0.25, 0.3) is 0 Å². The highest BCUT2D eigenvalue weighted by Gasteiger charge is 2.22. The fraction of sp³-hybridized carbons (Fsp3) is 0.786. The molecule has 0 aromatic carbocycles. The lowest BCUT2D eigenvalue weighted by atomic mass is 10.1. The van der Waals surface area contributed by atoms with Crippen molar-refractivity contribution in [2.24, 2.45) is 5.92 Å². The van der Waals surface area contributed by atoms with Crippen molar-refractivity contribution < 1.29 is 19.5 Å². The van der Waals surface area contributed by atoms with E-state index in [2.05, 4.69) is 5.32 Å². The Morgan fingerprint density at radius 2 is 1.90 bits per heavy atom. The Labute approximate surface area is 119 Å². The summed E-state index contributed by atoms with van der Waals surface area (Å²) < 4.78 is 0. The van der Waals surface area contributed by atoms with Crippen molar-refractivity contribution in [2.75, 3.05) is 19.6 Å². The smallest absolute Gasteiger partial charge is 0.323 e. The van der Waals surface area contributed by atoms with E-state index in [0.717, 1.165) is 25.7 Å². The van der Waals surface area contributed by atoms with Crippen LogP contribution in [0.1, 0.15) is 45.4 Å². The number of carboxylic acid groups (broad SMARTS) is 1. The van der Waals surface area contributed by atoms with Crippen molar-refractivity contribution in [3.05, 3.63) is 0 Å². The fourth-order valence-corrected chi connectivity index (χ4v) is 2.51. The maximum atomic E-state index is 11.9. The van der Waals surface area contributed by atoms with Crippen LogP contribution in [0.2, 0.25) is 0 Å². The molecule has 0 saturated heterocycles. The van der Waals surface area contributed by atoms with E-state index in [9.17, 15) is 14.4 Å². The average Bonchev–Trinajstić information content (AvgIpc) is 2.91. The molecule has 0 aliphatic heterocycles. The van der Waals surface area contributed by atoms with Gasteiger partial charge in [-0.1, -0.05) is 19.8 Å². The third-order valence-corrected chi connectivity index (χ3v) is 3.54. The van der Waals surface area contributed by atoms with Crippen molar-refractivity contribution in [2.45, 2.75) is 45.4 Å². The van der Waals surface area contributed by atoms with Gasteiger partial charge in [-0.15, -0.1) is 0 Å². The molecule has 0 aromatic heterocycles. The molecule has 1 rings (SSSR count). The van der Waals surface area contributed by atoms with Gasteiger partial charge in [-0.2, -0.15) is 0 Å². The number of carbonyl (C=O) groups excluding carboxylic acids is 2. The lowest BCUT2D eigenvalue weighted by Crippen LogP contribution is -2.39. The van der Waals surface area contributed by atoms with Crippen molar-refractivity contribution in [1.82, 2.24) is 10.2 Å². The maximum absolute atomic E-state index is 11.9. The molecule has 0 bridgehead atoms. The summed E-state index contributed by atoms with van der Waals surface area (Å²) in [6, 6.07) is 0. The van der Waals surface area contributed by atoms with E-state index in [4.69, 9.17) is 5.11 Å². The summed E-state index contributed by atoms with van der Waals surface area (Å²) >= 11 is 0. The summed E-state index contributed by atoms with van der Waals surface area (Å²) in [5, 5.41) is 11.5. The van der Waals surface area contributed by atoms with Crippen LogP contribution in [0, 0.1) is 5.92 Å². The average molecular weight is 284 g/mol. The summed E-state index contributed by atoms with van der Waals surface area (Å²) in [5.41, 5.74) is 0. The van der Waals surface area contributed by atoms with Gasteiger partial charge in [0.2, 0.25) is 11.8 Å². The molecule has 0 heterocycles. The molecule has 2 N–H and O–H groups in total. The van der Waals surface area contributed by atoms with Crippen molar-refractivity contribution in [1.29, 1.82) is 0 Å². The highest BCUT2D eigenvalue weighted by atomic mass is 16.4. The third kappa shape index (κ3) is 5.59. The van der Waals surface area contributed by atoms with E-state index in [-0.39, 0.29) is 37.2 Å². The minimum atomic E-state index is -1.01. The SMILES string of the molecule is CCCN(CC(=O)O)C(=O)CCNC(=O)C1CCCC1. The topological polar surface area (TPSA) is 86.7 Å². The maximum Gasteiger partial charge on any atom is 0.323 e.